The fourth-order valence-electron chi connectivity index (χ4n) is 3.92. The Balaban J connectivity index is 1.53. The Bertz CT molecular complexity index is 1460. The van der Waals surface area contributed by atoms with Gasteiger partial charge < -0.3 is 14.2 Å². The lowest BCUT2D eigenvalue weighted by atomic mass is 9.98. The van der Waals surface area contributed by atoms with E-state index in [0.717, 1.165) is 18.9 Å². The highest BCUT2D eigenvalue weighted by atomic mass is 19.4. The van der Waals surface area contributed by atoms with Crippen LogP contribution in [-0.2, 0) is 6.11 Å². The van der Waals surface area contributed by atoms with Crippen LogP contribution in [-0.4, -0.2) is 13.0 Å². The molecule has 0 amide bonds. The largest absolute Gasteiger partial charge is 0.573 e. The Morgan fingerprint density at radius 2 is 1.10 bits per heavy atom. The molecule has 0 aliphatic heterocycles. The van der Waals surface area contributed by atoms with Crippen molar-refractivity contribution in [3.63, 3.8) is 0 Å². The van der Waals surface area contributed by atoms with E-state index in [1.54, 1.807) is 24.3 Å². The van der Waals surface area contributed by atoms with Gasteiger partial charge in [-0.05, 0) is 77.7 Å². The molecule has 0 N–H and O–H groups in total. The van der Waals surface area contributed by atoms with E-state index >= 15 is 4.39 Å². The quantitative estimate of drug-likeness (QED) is 0.138. The SMILES string of the molecule is CCCCOc1ccc(-c2ccc(-c3cc(F)c(C(F)(F)Oc4ccc(OC(F)(F)F)cc4)c(F)c3)c(F)c2)cc1. The maximum atomic E-state index is 15.0. The van der Waals surface area contributed by atoms with E-state index in [0.29, 0.717) is 59.9 Å². The Kier molecular flexibility index (Phi) is 8.74. The minimum Gasteiger partial charge on any atom is -0.494 e. The summed E-state index contributed by atoms with van der Waals surface area (Å²) in [7, 11) is 0. The number of ether oxygens (including phenoxy) is 3. The molecule has 216 valence electrons. The van der Waals surface area contributed by atoms with Crippen LogP contribution in [0.15, 0.2) is 78.9 Å². The van der Waals surface area contributed by atoms with Gasteiger partial charge in [-0.3, -0.25) is 0 Å². The molecule has 4 aromatic rings. The van der Waals surface area contributed by atoms with Gasteiger partial charge in [0.25, 0.3) is 0 Å². The molecule has 0 aliphatic rings. The van der Waals surface area contributed by atoms with Crippen LogP contribution >= 0.6 is 0 Å². The molecular formula is C30H22F8O3. The number of benzene rings is 4. The van der Waals surface area contributed by atoms with E-state index < -0.39 is 47.0 Å². The standard InChI is InChI=1S/C30H22F8O3/c1-2-3-14-39-21-7-4-18(5-8-21)19-6-13-24(25(31)15-19)20-16-26(32)28(27(33)17-20)29(34,35)40-22-9-11-23(12-10-22)41-30(36,37)38/h4-13,15-17H,2-3,14H2,1H3. The smallest absolute Gasteiger partial charge is 0.494 e. The van der Waals surface area contributed by atoms with Crippen LogP contribution in [0.25, 0.3) is 22.3 Å². The van der Waals surface area contributed by atoms with Crippen molar-refractivity contribution >= 4 is 0 Å². The molecule has 0 aliphatic carbocycles. The van der Waals surface area contributed by atoms with Crippen LogP contribution in [0.2, 0.25) is 0 Å². The predicted octanol–water partition coefficient (Wildman–Crippen LogP) is 9.64. The zero-order valence-corrected chi connectivity index (χ0v) is 21.4. The topological polar surface area (TPSA) is 27.7 Å². The molecular weight excluding hydrogens is 560 g/mol. The average Bonchev–Trinajstić information content (AvgIpc) is 2.89. The Hall–Kier alpha value is -4.28. The molecule has 0 atom stereocenters. The van der Waals surface area contributed by atoms with Crippen molar-refractivity contribution in [3.05, 3.63) is 102 Å². The first-order chi connectivity index (χ1) is 19.4. The summed E-state index contributed by atoms with van der Waals surface area (Å²) >= 11 is 0. The van der Waals surface area contributed by atoms with Crippen molar-refractivity contribution in [2.45, 2.75) is 32.2 Å². The maximum absolute atomic E-state index is 15.0. The summed E-state index contributed by atoms with van der Waals surface area (Å²) < 4.78 is 124. The Morgan fingerprint density at radius 1 is 0.585 bits per heavy atom. The number of unbranched alkanes of at least 4 members (excludes halogenated alkanes) is 1. The summed E-state index contributed by atoms with van der Waals surface area (Å²) in [5.74, 6) is -5.03. The number of halogens is 8. The van der Waals surface area contributed by atoms with Crippen LogP contribution in [0.1, 0.15) is 25.3 Å². The van der Waals surface area contributed by atoms with Crippen LogP contribution in [0.5, 0.6) is 17.2 Å². The van der Waals surface area contributed by atoms with Crippen molar-refractivity contribution in [2.75, 3.05) is 6.61 Å². The van der Waals surface area contributed by atoms with Gasteiger partial charge in [-0.1, -0.05) is 37.6 Å². The van der Waals surface area contributed by atoms with Crippen LogP contribution in [0, 0.1) is 17.5 Å². The molecule has 0 saturated heterocycles. The molecule has 4 aromatic carbocycles. The minimum absolute atomic E-state index is 0.234. The molecule has 41 heavy (non-hydrogen) atoms. The highest BCUT2D eigenvalue weighted by Crippen LogP contribution is 2.38. The third-order valence-corrected chi connectivity index (χ3v) is 5.87. The third kappa shape index (κ3) is 7.47. The number of alkyl halides is 5. The molecule has 0 radical (unpaired) electrons. The zero-order chi connectivity index (χ0) is 29.8. The van der Waals surface area contributed by atoms with E-state index in [9.17, 15) is 30.7 Å². The van der Waals surface area contributed by atoms with Gasteiger partial charge in [0.05, 0.1) is 6.61 Å². The molecule has 3 nitrogen and oxygen atoms in total. The van der Waals surface area contributed by atoms with Crippen molar-refractivity contribution < 1.29 is 49.3 Å². The zero-order valence-electron chi connectivity index (χ0n) is 21.4. The van der Waals surface area contributed by atoms with Crippen LogP contribution in [0.3, 0.4) is 0 Å². The fourth-order valence-corrected chi connectivity index (χ4v) is 3.92. The van der Waals surface area contributed by atoms with Gasteiger partial charge in [0.2, 0.25) is 0 Å². The molecule has 11 heteroatoms. The third-order valence-electron chi connectivity index (χ3n) is 5.87. The molecule has 0 heterocycles. The minimum atomic E-state index is -5.01. The van der Waals surface area contributed by atoms with E-state index in [2.05, 4.69) is 9.47 Å². The van der Waals surface area contributed by atoms with Gasteiger partial charge in [0.1, 0.15) is 40.3 Å². The molecule has 0 fully saturated rings. The molecule has 0 unspecified atom stereocenters. The van der Waals surface area contributed by atoms with Crippen molar-refractivity contribution in [2.24, 2.45) is 0 Å². The molecule has 0 bridgehead atoms. The second-order valence-electron chi connectivity index (χ2n) is 8.87. The van der Waals surface area contributed by atoms with E-state index in [1.165, 1.54) is 12.1 Å². The first-order valence-electron chi connectivity index (χ1n) is 12.3. The van der Waals surface area contributed by atoms with Crippen molar-refractivity contribution in [1.82, 2.24) is 0 Å². The summed E-state index contributed by atoms with van der Waals surface area (Å²) in [6, 6.07) is 14.7. The predicted molar refractivity (Wildman–Crippen MR) is 135 cm³/mol. The van der Waals surface area contributed by atoms with Gasteiger partial charge in [-0.2, -0.15) is 8.78 Å². The highest BCUT2D eigenvalue weighted by Gasteiger charge is 2.41. The number of rotatable bonds is 10. The van der Waals surface area contributed by atoms with Gasteiger partial charge in [-0.15, -0.1) is 13.2 Å². The maximum Gasteiger partial charge on any atom is 0.573 e. The van der Waals surface area contributed by atoms with Gasteiger partial charge in [0, 0.05) is 5.56 Å². The Labute approximate surface area is 229 Å². The van der Waals surface area contributed by atoms with E-state index in [1.807, 2.05) is 6.92 Å². The lowest BCUT2D eigenvalue weighted by molar-refractivity contribution is -0.274. The average molecular weight is 582 g/mol. The van der Waals surface area contributed by atoms with Crippen LogP contribution < -0.4 is 14.2 Å². The first-order valence-corrected chi connectivity index (χ1v) is 12.3. The summed E-state index contributed by atoms with van der Waals surface area (Å²) in [5.41, 5.74) is -1.20. The second kappa shape index (κ2) is 12.1. The van der Waals surface area contributed by atoms with Gasteiger partial charge in [0.15, 0.2) is 0 Å². The second-order valence-corrected chi connectivity index (χ2v) is 8.87. The van der Waals surface area contributed by atoms with Crippen LogP contribution in [0.4, 0.5) is 35.1 Å². The first kappa shape index (κ1) is 29.7. The summed E-state index contributed by atoms with van der Waals surface area (Å²) in [5, 5.41) is 0. The van der Waals surface area contributed by atoms with Gasteiger partial charge >= 0.3 is 12.5 Å². The van der Waals surface area contributed by atoms with Gasteiger partial charge in [-0.25, -0.2) is 13.2 Å². The Morgan fingerprint density at radius 3 is 1.63 bits per heavy atom. The highest BCUT2D eigenvalue weighted by molar-refractivity contribution is 5.71. The van der Waals surface area contributed by atoms with Crippen molar-refractivity contribution in [3.8, 4) is 39.5 Å². The molecule has 0 saturated carbocycles. The van der Waals surface area contributed by atoms with E-state index in [-0.39, 0.29) is 11.1 Å². The number of hydrogen-bond acceptors (Lipinski definition) is 3. The molecule has 0 spiro atoms. The molecule has 0 aromatic heterocycles. The van der Waals surface area contributed by atoms with Crippen molar-refractivity contribution in [1.29, 1.82) is 0 Å². The molecule has 4 rings (SSSR count). The lowest BCUT2D eigenvalue weighted by Crippen LogP contribution is -2.25. The monoisotopic (exact) mass is 582 g/mol. The lowest BCUT2D eigenvalue weighted by Gasteiger charge is -2.20. The normalized spacial score (nSPS) is 11.8. The summed E-state index contributed by atoms with van der Waals surface area (Å²) in [4.78, 5) is 0. The summed E-state index contributed by atoms with van der Waals surface area (Å²) in [6.07, 6.45) is -7.68. The van der Waals surface area contributed by atoms with E-state index in [4.69, 9.17) is 4.74 Å². The fraction of sp³-hybridized carbons (Fsp3) is 0.200. The number of hydrogen-bond donors (Lipinski definition) is 0. The summed E-state index contributed by atoms with van der Waals surface area (Å²) in [6.45, 7) is 2.61.